The molecule has 1 saturated heterocycles. The fourth-order valence-electron chi connectivity index (χ4n) is 6.49. The fourth-order valence-corrected chi connectivity index (χ4v) is 6.49. The van der Waals surface area contributed by atoms with Crippen LogP contribution in [0.5, 0.6) is 0 Å². The molecule has 2 heterocycles. The molecule has 180 valence electrons. The summed E-state index contributed by atoms with van der Waals surface area (Å²) in [5.41, 5.74) is 8.37. The molecule has 2 unspecified atom stereocenters. The predicted octanol–water partition coefficient (Wildman–Crippen LogP) is 6.68. The van der Waals surface area contributed by atoms with Crippen molar-refractivity contribution in [3.8, 4) is 0 Å². The van der Waals surface area contributed by atoms with E-state index < -0.39 is 0 Å². The molecule has 4 aromatic rings. The highest BCUT2D eigenvalue weighted by Crippen LogP contribution is 2.54. The van der Waals surface area contributed by atoms with E-state index in [1.807, 2.05) is 30.3 Å². The van der Waals surface area contributed by atoms with Gasteiger partial charge in [0.1, 0.15) is 6.17 Å². The van der Waals surface area contributed by atoms with Crippen molar-refractivity contribution in [2.75, 3.05) is 11.4 Å². The van der Waals surface area contributed by atoms with Gasteiger partial charge in [0.15, 0.2) is 0 Å². The Morgan fingerprint density at radius 3 is 2.22 bits per heavy atom. The number of fused-ring (bicyclic) bond motifs is 3. The van der Waals surface area contributed by atoms with Crippen molar-refractivity contribution in [2.24, 2.45) is 0 Å². The summed E-state index contributed by atoms with van der Waals surface area (Å²) in [7, 11) is 0. The molecule has 1 fully saturated rings. The second-order valence-corrected chi connectivity index (χ2v) is 10.4. The fraction of sp³-hybridized carbons (Fsp3) is 0.242. The highest BCUT2D eigenvalue weighted by Gasteiger charge is 2.58. The Balaban J connectivity index is 1.48. The zero-order valence-electron chi connectivity index (χ0n) is 21.0. The maximum Gasteiger partial charge on any atom is 0.255 e. The second kappa shape index (κ2) is 8.98. The van der Waals surface area contributed by atoms with Gasteiger partial charge in [0.25, 0.3) is 5.91 Å². The van der Waals surface area contributed by atoms with Gasteiger partial charge in [-0.05, 0) is 61.6 Å². The van der Waals surface area contributed by atoms with Crippen molar-refractivity contribution in [3.63, 3.8) is 0 Å². The van der Waals surface area contributed by atoms with Crippen molar-refractivity contribution >= 4 is 11.6 Å². The number of nitrogens with zero attached hydrogens (tertiary/aromatic N) is 2. The average molecular weight is 473 g/mol. The molecular weight excluding hydrogens is 440 g/mol. The Morgan fingerprint density at radius 2 is 1.47 bits per heavy atom. The van der Waals surface area contributed by atoms with Gasteiger partial charge in [-0.25, -0.2) is 0 Å². The minimum atomic E-state index is -0.154. The van der Waals surface area contributed by atoms with Gasteiger partial charge in [0.05, 0.1) is 0 Å². The number of para-hydroxylation sites is 1. The van der Waals surface area contributed by atoms with Crippen molar-refractivity contribution in [1.29, 1.82) is 0 Å². The summed E-state index contributed by atoms with van der Waals surface area (Å²) in [5.74, 6) is 0.119. The molecule has 3 nitrogen and oxygen atoms in total. The van der Waals surface area contributed by atoms with E-state index in [1.165, 1.54) is 33.5 Å². The normalized spacial score (nSPS) is 20.3. The lowest BCUT2D eigenvalue weighted by atomic mass is 9.74. The summed E-state index contributed by atoms with van der Waals surface area (Å²) in [4.78, 5) is 18.6. The van der Waals surface area contributed by atoms with Crippen LogP contribution in [0.1, 0.15) is 44.6 Å². The summed E-state index contributed by atoms with van der Waals surface area (Å²) >= 11 is 0. The van der Waals surface area contributed by atoms with Crippen LogP contribution in [0.15, 0.2) is 103 Å². The zero-order valence-corrected chi connectivity index (χ0v) is 21.0. The van der Waals surface area contributed by atoms with Crippen LogP contribution in [0.2, 0.25) is 0 Å². The highest BCUT2D eigenvalue weighted by molar-refractivity contribution is 5.95. The SMILES string of the molecule is Cc1cccc(CN2c3ccccc3C3(Cc4cccc(C)c4)CCN(C(=O)c4ccccc4)C23)c1. The molecule has 4 aromatic carbocycles. The maximum absolute atomic E-state index is 13.9. The molecular formula is C33H32N2O. The van der Waals surface area contributed by atoms with Gasteiger partial charge < -0.3 is 9.80 Å². The van der Waals surface area contributed by atoms with Crippen molar-refractivity contribution < 1.29 is 4.79 Å². The first kappa shape index (κ1) is 22.6. The number of anilines is 1. The van der Waals surface area contributed by atoms with E-state index >= 15 is 0 Å². The van der Waals surface area contributed by atoms with Gasteiger partial charge in [0, 0.05) is 29.8 Å². The Kier molecular flexibility index (Phi) is 5.64. The molecule has 2 aliphatic heterocycles. The molecule has 0 saturated carbocycles. The van der Waals surface area contributed by atoms with Crippen molar-refractivity contribution in [2.45, 2.75) is 44.8 Å². The summed E-state index contributed by atoms with van der Waals surface area (Å²) < 4.78 is 0. The third kappa shape index (κ3) is 3.80. The van der Waals surface area contributed by atoms with E-state index in [0.29, 0.717) is 0 Å². The van der Waals surface area contributed by atoms with Crippen LogP contribution in [0.25, 0.3) is 0 Å². The minimum Gasteiger partial charge on any atom is -0.346 e. The van der Waals surface area contributed by atoms with E-state index in [0.717, 1.165) is 31.5 Å². The molecule has 1 amide bonds. The molecule has 0 N–H and O–H groups in total. The van der Waals surface area contributed by atoms with Crippen LogP contribution in [-0.2, 0) is 18.4 Å². The standard InChI is InChI=1S/C33H32N2O/c1-24-10-8-12-26(20-24)22-33-18-19-34(31(36)28-14-4-3-5-15-28)32(33)35(30-17-7-6-16-29(30)33)23-27-13-9-11-25(2)21-27/h3-17,20-21,32H,18-19,22-23H2,1-2H3. The van der Waals surface area contributed by atoms with Crippen LogP contribution in [0.4, 0.5) is 5.69 Å². The van der Waals surface area contributed by atoms with Crippen molar-refractivity contribution in [1.82, 2.24) is 4.90 Å². The number of hydrogen-bond donors (Lipinski definition) is 0. The molecule has 6 rings (SSSR count). The Hall–Kier alpha value is -3.85. The first-order valence-corrected chi connectivity index (χ1v) is 12.9. The number of carbonyl (C=O) groups excluding carboxylic acids is 1. The topological polar surface area (TPSA) is 23.6 Å². The van der Waals surface area contributed by atoms with Gasteiger partial charge in [-0.15, -0.1) is 0 Å². The van der Waals surface area contributed by atoms with E-state index in [4.69, 9.17) is 0 Å². The van der Waals surface area contributed by atoms with Gasteiger partial charge in [-0.1, -0.05) is 96.1 Å². The lowest BCUT2D eigenvalue weighted by Crippen LogP contribution is -2.52. The van der Waals surface area contributed by atoms with Crippen LogP contribution in [0.3, 0.4) is 0 Å². The summed E-state index contributed by atoms with van der Waals surface area (Å²) in [6.45, 7) is 5.83. The average Bonchev–Trinajstić information content (AvgIpc) is 3.38. The van der Waals surface area contributed by atoms with E-state index in [2.05, 4.69) is 96.4 Å². The Labute approximate surface area is 214 Å². The number of aryl methyl sites for hydroxylation is 2. The van der Waals surface area contributed by atoms with Crippen LogP contribution >= 0.6 is 0 Å². The maximum atomic E-state index is 13.9. The van der Waals surface area contributed by atoms with E-state index in [9.17, 15) is 4.79 Å². The summed E-state index contributed by atoms with van der Waals surface area (Å²) in [6, 6.07) is 36.2. The molecule has 0 radical (unpaired) electrons. The number of hydrogen-bond acceptors (Lipinski definition) is 2. The lowest BCUT2D eigenvalue weighted by Gasteiger charge is -2.39. The highest BCUT2D eigenvalue weighted by atomic mass is 16.2. The largest absolute Gasteiger partial charge is 0.346 e. The zero-order chi connectivity index (χ0) is 24.7. The van der Waals surface area contributed by atoms with Gasteiger partial charge in [0.2, 0.25) is 0 Å². The molecule has 2 aliphatic rings. The van der Waals surface area contributed by atoms with Gasteiger partial charge >= 0.3 is 0 Å². The number of amides is 1. The second-order valence-electron chi connectivity index (χ2n) is 10.4. The Bertz CT molecular complexity index is 1410. The monoisotopic (exact) mass is 472 g/mol. The Morgan fingerprint density at radius 1 is 0.806 bits per heavy atom. The van der Waals surface area contributed by atoms with Gasteiger partial charge in [-0.2, -0.15) is 0 Å². The molecule has 2 atom stereocenters. The van der Waals surface area contributed by atoms with Crippen LogP contribution in [-0.4, -0.2) is 23.5 Å². The summed E-state index contributed by atoms with van der Waals surface area (Å²) in [6.07, 6.45) is 1.83. The quantitative estimate of drug-likeness (QED) is 0.324. The predicted molar refractivity (Wildman–Crippen MR) is 146 cm³/mol. The number of likely N-dealkylation sites (tertiary alicyclic amines) is 1. The smallest absolute Gasteiger partial charge is 0.255 e. The van der Waals surface area contributed by atoms with E-state index in [-0.39, 0.29) is 17.5 Å². The number of carbonyl (C=O) groups is 1. The lowest BCUT2D eigenvalue weighted by molar-refractivity contribution is 0.0709. The molecule has 0 bridgehead atoms. The van der Waals surface area contributed by atoms with E-state index in [1.54, 1.807) is 0 Å². The third-order valence-electron chi connectivity index (χ3n) is 7.95. The van der Waals surface area contributed by atoms with Gasteiger partial charge in [-0.3, -0.25) is 4.79 Å². The molecule has 36 heavy (non-hydrogen) atoms. The van der Waals surface area contributed by atoms with Crippen LogP contribution < -0.4 is 4.90 Å². The molecule has 0 aliphatic carbocycles. The first-order valence-electron chi connectivity index (χ1n) is 12.9. The number of benzene rings is 4. The first-order chi connectivity index (χ1) is 17.5. The minimum absolute atomic E-state index is 0.0383. The number of rotatable bonds is 5. The summed E-state index contributed by atoms with van der Waals surface area (Å²) in [5, 5.41) is 0. The molecule has 3 heteroatoms. The third-order valence-corrected chi connectivity index (χ3v) is 7.95. The van der Waals surface area contributed by atoms with Crippen LogP contribution in [0, 0.1) is 13.8 Å². The molecule has 0 spiro atoms. The molecule has 0 aromatic heterocycles. The van der Waals surface area contributed by atoms with Crippen molar-refractivity contribution in [3.05, 3.63) is 137 Å².